The Morgan fingerprint density at radius 3 is 2.20 bits per heavy atom. The second kappa shape index (κ2) is 8.52. The standard InChI is InChI=1S/C24H25ClN2O3/c1-16-13-17(2)15-20(14-16)30-12-11-27-23(28)21(18-5-7-19(25)8-6-18)22(24(27)29)26-9-3-4-10-26/h5-8,13-15H,3-4,9-12H2,1-2H3. The number of carbonyl (C=O) groups excluding carboxylic acids is 2. The molecule has 0 radical (unpaired) electrons. The molecule has 0 N–H and O–H groups in total. The number of likely N-dealkylation sites (tertiary alicyclic amines) is 1. The summed E-state index contributed by atoms with van der Waals surface area (Å²) in [5, 5.41) is 0.595. The number of imide groups is 1. The summed E-state index contributed by atoms with van der Waals surface area (Å²) in [6.07, 6.45) is 2.05. The third kappa shape index (κ3) is 4.08. The third-order valence-corrected chi connectivity index (χ3v) is 5.73. The molecule has 2 aromatic carbocycles. The lowest BCUT2D eigenvalue weighted by Crippen LogP contribution is -2.37. The van der Waals surface area contributed by atoms with E-state index in [1.165, 1.54) is 4.90 Å². The molecule has 0 bridgehead atoms. The van der Waals surface area contributed by atoms with Crippen LogP contribution in [-0.4, -0.2) is 47.9 Å². The van der Waals surface area contributed by atoms with Crippen LogP contribution in [-0.2, 0) is 9.59 Å². The van der Waals surface area contributed by atoms with Gasteiger partial charge in [0.15, 0.2) is 0 Å². The van der Waals surface area contributed by atoms with E-state index in [1.807, 2.05) is 30.9 Å². The van der Waals surface area contributed by atoms with E-state index in [0.29, 0.717) is 16.3 Å². The SMILES string of the molecule is Cc1cc(C)cc(OCCN2C(=O)C(c3ccc(Cl)cc3)=C(N3CCCC3)C2=O)c1. The molecule has 2 heterocycles. The zero-order valence-corrected chi connectivity index (χ0v) is 18.0. The molecule has 2 amide bonds. The Morgan fingerprint density at radius 1 is 0.933 bits per heavy atom. The number of hydrogen-bond acceptors (Lipinski definition) is 4. The Labute approximate surface area is 181 Å². The topological polar surface area (TPSA) is 49.9 Å². The van der Waals surface area contributed by atoms with E-state index in [4.69, 9.17) is 16.3 Å². The van der Waals surface area contributed by atoms with Crippen molar-refractivity contribution in [2.45, 2.75) is 26.7 Å². The van der Waals surface area contributed by atoms with Gasteiger partial charge in [-0.1, -0.05) is 29.8 Å². The highest BCUT2D eigenvalue weighted by Gasteiger charge is 2.41. The third-order valence-electron chi connectivity index (χ3n) is 5.48. The predicted molar refractivity (Wildman–Crippen MR) is 117 cm³/mol. The van der Waals surface area contributed by atoms with Crippen LogP contribution in [0.5, 0.6) is 5.75 Å². The highest BCUT2D eigenvalue weighted by Crippen LogP contribution is 2.33. The van der Waals surface area contributed by atoms with Crippen molar-refractivity contribution in [3.8, 4) is 5.75 Å². The van der Waals surface area contributed by atoms with E-state index in [9.17, 15) is 9.59 Å². The summed E-state index contributed by atoms with van der Waals surface area (Å²) in [6.45, 7) is 6.06. The fourth-order valence-corrected chi connectivity index (χ4v) is 4.27. The molecule has 156 valence electrons. The maximum atomic E-state index is 13.3. The largest absolute Gasteiger partial charge is 0.492 e. The lowest BCUT2D eigenvalue weighted by Gasteiger charge is -2.20. The summed E-state index contributed by atoms with van der Waals surface area (Å²) in [6, 6.07) is 13.1. The van der Waals surface area contributed by atoms with Crippen molar-refractivity contribution in [2.75, 3.05) is 26.2 Å². The van der Waals surface area contributed by atoms with Crippen LogP contribution in [0.3, 0.4) is 0 Å². The summed E-state index contributed by atoms with van der Waals surface area (Å²) >= 11 is 6.02. The molecular weight excluding hydrogens is 400 g/mol. The van der Waals surface area contributed by atoms with Gasteiger partial charge in [0.1, 0.15) is 18.1 Å². The minimum Gasteiger partial charge on any atom is -0.492 e. The molecule has 5 nitrogen and oxygen atoms in total. The first-order valence-corrected chi connectivity index (χ1v) is 10.6. The summed E-state index contributed by atoms with van der Waals surface area (Å²) in [5.41, 5.74) is 3.91. The number of ether oxygens (including phenoxy) is 1. The Bertz CT molecular complexity index is 987. The number of nitrogens with zero attached hydrogens (tertiary/aromatic N) is 2. The lowest BCUT2D eigenvalue weighted by atomic mass is 10.0. The van der Waals surface area contributed by atoms with Crippen molar-refractivity contribution in [2.24, 2.45) is 0 Å². The van der Waals surface area contributed by atoms with Gasteiger partial charge in [-0.2, -0.15) is 0 Å². The number of rotatable bonds is 6. The van der Waals surface area contributed by atoms with Gasteiger partial charge in [0.2, 0.25) is 0 Å². The molecule has 2 aromatic rings. The molecule has 2 aliphatic rings. The molecule has 4 rings (SSSR count). The van der Waals surface area contributed by atoms with Crippen molar-refractivity contribution < 1.29 is 14.3 Å². The molecule has 0 atom stereocenters. The predicted octanol–water partition coefficient (Wildman–Crippen LogP) is 4.21. The van der Waals surface area contributed by atoms with Crippen LogP contribution in [0.4, 0.5) is 0 Å². The van der Waals surface area contributed by atoms with Crippen LogP contribution in [0.2, 0.25) is 5.02 Å². The monoisotopic (exact) mass is 424 g/mol. The van der Waals surface area contributed by atoms with Crippen molar-refractivity contribution in [1.82, 2.24) is 9.80 Å². The molecule has 1 saturated heterocycles. The van der Waals surface area contributed by atoms with Gasteiger partial charge < -0.3 is 9.64 Å². The van der Waals surface area contributed by atoms with Crippen LogP contribution < -0.4 is 4.74 Å². The lowest BCUT2D eigenvalue weighted by molar-refractivity contribution is -0.137. The van der Waals surface area contributed by atoms with Crippen LogP contribution in [0.15, 0.2) is 48.2 Å². The van der Waals surface area contributed by atoms with Crippen molar-refractivity contribution in [3.05, 3.63) is 69.9 Å². The van der Waals surface area contributed by atoms with Crippen LogP contribution in [0.1, 0.15) is 29.5 Å². The summed E-state index contributed by atoms with van der Waals surface area (Å²) in [5.74, 6) is 0.237. The van der Waals surface area contributed by atoms with E-state index in [2.05, 4.69) is 6.07 Å². The fourth-order valence-electron chi connectivity index (χ4n) is 4.15. The highest BCUT2D eigenvalue weighted by molar-refractivity contribution is 6.36. The minimum atomic E-state index is -0.270. The zero-order chi connectivity index (χ0) is 21.3. The van der Waals surface area contributed by atoms with E-state index in [0.717, 1.165) is 48.4 Å². The number of benzene rings is 2. The Morgan fingerprint density at radius 2 is 1.57 bits per heavy atom. The van der Waals surface area contributed by atoms with Crippen molar-refractivity contribution in [1.29, 1.82) is 0 Å². The first-order valence-electron chi connectivity index (χ1n) is 10.3. The Hall–Kier alpha value is -2.79. The molecule has 1 fully saturated rings. The molecule has 0 spiro atoms. The van der Waals surface area contributed by atoms with Crippen molar-refractivity contribution >= 4 is 29.0 Å². The smallest absolute Gasteiger partial charge is 0.277 e. The summed E-state index contributed by atoms with van der Waals surface area (Å²) < 4.78 is 5.85. The molecule has 0 aliphatic carbocycles. The van der Waals surface area contributed by atoms with Gasteiger partial charge in [0, 0.05) is 18.1 Å². The fraction of sp³-hybridized carbons (Fsp3) is 0.333. The van der Waals surface area contributed by atoms with Gasteiger partial charge in [-0.05, 0) is 67.6 Å². The molecule has 0 saturated carbocycles. The quantitative estimate of drug-likeness (QED) is 0.652. The van der Waals surface area contributed by atoms with Gasteiger partial charge in [0.05, 0.1) is 12.1 Å². The van der Waals surface area contributed by atoms with Crippen LogP contribution in [0.25, 0.3) is 5.57 Å². The van der Waals surface area contributed by atoms with Gasteiger partial charge in [-0.25, -0.2) is 0 Å². The zero-order valence-electron chi connectivity index (χ0n) is 17.3. The Kier molecular flexibility index (Phi) is 5.82. The maximum absolute atomic E-state index is 13.3. The summed E-state index contributed by atoms with van der Waals surface area (Å²) in [7, 11) is 0. The minimum absolute atomic E-state index is 0.207. The second-order valence-electron chi connectivity index (χ2n) is 7.86. The summed E-state index contributed by atoms with van der Waals surface area (Å²) in [4.78, 5) is 29.8. The number of amides is 2. The van der Waals surface area contributed by atoms with Crippen LogP contribution >= 0.6 is 11.6 Å². The molecule has 0 aromatic heterocycles. The van der Waals surface area contributed by atoms with Gasteiger partial charge >= 0.3 is 0 Å². The van der Waals surface area contributed by atoms with Crippen LogP contribution in [0, 0.1) is 13.8 Å². The molecule has 30 heavy (non-hydrogen) atoms. The molecule has 6 heteroatoms. The highest BCUT2D eigenvalue weighted by atomic mass is 35.5. The first-order chi connectivity index (χ1) is 14.4. The number of hydrogen-bond donors (Lipinski definition) is 0. The Balaban J connectivity index is 1.55. The number of halogens is 1. The number of carbonyl (C=O) groups is 2. The first kappa shape index (κ1) is 20.5. The van der Waals surface area contributed by atoms with Crippen molar-refractivity contribution in [3.63, 3.8) is 0 Å². The normalized spacial score (nSPS) is 16.8. The second-order valence-corrected chi connectivity index (χ2v) is 8.29. The van der Waals surface area contributed by atoms with E-state index >= 15 is 0 Å². The molecular formula is C24H25ClN2O3. The average molecular weight is 425 g/mol. The van der Waals surface area contributed by atoms with Gasteiger partial charge in [-0.3, -0.25) is 14.5 Å². The van der Waals surface area contributed by atoms with E-state index in [1.54, 1.807) is 24.3 Å². The van der Waals surface area contributed by atoms with Gasteiger partial charge in [-0.15, -0.1) is 0 Å². The number of aryl methyl sites for hydroxylation is 2. The molecule has 2 aliphatic heterocycles. The molecule has 0 unspecified atom stereocenters. The van der Waals surface area contributed by atoms with Gasteiger partial charge in [0.25, 0.3) is 11.8 Å². The van der Waals surface area contributed by atoms with E-state index in [-0.39, 0.29) is 25.0 Å². The van der Waals surface area contributed by atoms with E-state index < -0.39 is 0 Å². The maximum Gasteiger partial charge on any atom is 0.277 e. The average Bonchev–Trinajstić information content (AvgIpc) is 3.30.